The van der Waals surface area contributed by atoms with E-state index in [-0.39, 0.29) is 18.5 Å². The van der Waals surface area contributed by atoms with Crippen LogP contribution in [0.25, 0.3) is 0 Å². The summed E-state index contributed by atoms with van der Waals surface area (Å²) < 4.78 is 0. The third kappa shape index (κ3) is 4.33. The van der Waals surface area contributed by atoms with Crippen molar-refractivity contribution in [1.29, 1.82) is 0 Å². The molecule has 0 aromatic heterocycles. The monoisotopic (exact) mass is 264 g/mol. The average molecular weight is 264 g/mol. The molecule has 0 aliphatic rings. The van der Waals surface area contributed by atoms with E-state index in [4.69, 9.17) is 0 Å². The molecule has 0 fully saturated rings. The van der Waals surface area contributed by atoms with Crippen molar-refractivity contribution in [2.75, 3.05) is 20.6 Å². The molecule has 1 rings (SSSR count). The fraction of sp³-hybridized carbons (Fsp3) is 0.533. The topological polar surface area (TPSA) is 52.6 Å². The molecule has 0 saturated heterocycles. The summed E-state index contributed by atoms with van der Waals surface area (Å²) in [7, 11) is 3.76. The molecule has 0 aliphatic heterocycles. The van der Waals surface area contributed by atoms with Crippen LogP contribution < -0.4 is 5.32 Å². The third-order valence-corrected chi connectivity index (χ3v) is 3.33. The number of hydrogen-bond acceptors (Lipinski definition) is 3. The summed E-state index contributed by atoms with van der Waals surface area (Å²) in [6, 6.07) is 7.51. The van der Waals surface area contributed by atoms with Crippen LogP contribution >= 0.6 is 0 Å². The highest BCUT2D eigenvalue weighted by molar-refractivity contribution is 5.81. The highest BCUT2D eigenvalue weighted by Crippen LogP contribution is 2.16. The lowest BCUT2D eigenvalue weighted by Gasteiger charge is -2.23. The molecule has 0 aliphatic carbocycles. The van der Waals surface area contributed by atoms with E-state index in [0.29, 0.717) is 0 Å². The van der Waals surface area contributed by atoms with Crippen LogP contribution in [0.15, 0.2) is 24.3 Å². The van der Waals surface area contributed by atoms with Crippen molar-refractivity contribution < 1.29 is 9.90 Å². The van der Waals surface area contributed by atoms with Gasteiger partial charge in [0.25, 0.3) is 0 Å². The Labute approximate surface area is 115 Å². The summed E-state index contributed by atoms with van der Waals surface area (Å²) in [6.45, 7) is 4.17. The minimum Gasteiger partial charge on any atom is -0.387 e. The number of nitrogens with one attached hydrogen (secondary N) is 1. The molecule has 4 nitrogen and oxygen atoms in total. The lowest BCUT2D eigenvalue weighted by Crippen LogP contribution is -2.44. The van der Waals surface area contributed by atoms with Crippen LogP contribution in [0.2, 0.25) is 0 Å². The number of rotatable bonds is 6. The van der Waals surface area contributed by atoms with Crippen molar-refractivity contribution in [3.63, 3.8) is 0 Å². The molecule has 1 aromatic carbocycles. The fourth-order valence-corrected chi connectivity index (χ4v) is 2.17. The van der Waals surface area contributed by atoms with Crippen LogP contribution in [0, 0.1) is 6.92 Å². The lowest BCUT2D eigenvalue weighted by atomic mass is 10.0. The molecule has 2 atom stereocenters. The number of hydrogen-bond donors (Lipinski definition) is 2. The third-order valence-electron chi connectivity index (χ3n) is 3.33. The molecule has 4 heteroatoms. The van der Waals surface area contributed by atoms with Crippen LogP contribution in [-0.2, 0) is 4.79 Å². The van der Waals surface area contributed by atoms with Crippen LogP contribution in [0.1, 0.15) is 30.6 Å². The summed E-state index contributed by atoms with van der Waals surface area (Å²) in [5.74, 6) is -0.0415. The van der Waals surface area contributed by atoms with E-state index in [2.05, 4.69) is 5.32 Å². The van der Waals surface area contributed by atoms with E-state index in [1.165, 1.54) is 0 Å². The first kappa shape index (κ1) is 15.7. The summed E-state index contributed by atoms with van der Waals surface area (Å²) in [4.78, 5) is 13.9. The second-order valence-electron chi connectivity index (χ2n) is 5.01. The SMILES string of the molecule is CCC(C(=O)NCC(O)c1ccccc1C)N(C)C. The predicted molar refractivity (Wildman–Crippen MR) is 76.9 cm³/mol. The van der Waals surface area contributed by atoms with Crippen molar-refractivity contribution in [3.05, 3.63) is 35.4 Å². The maximum atomic E-state index is 12.0. The quantitative estimate of drug-likeness (QED) is 0.818. The second-order valence-corrected chi connectivity index (χ2v) is 5.01. The molecule has 19 heavy (non-hydrogen) atoms. The first-order chi connectivity index (χ1) is 8.97. The minimum absolute atomic E-state index is 0.0415. The number of aliphatic hydroxyl groups excluding tert-OH is 1. The highest BCUT2D eigenvalue weighted by atomic mass is 16.3. The Morgan fingerprint density at radius 3 is 2.53 bits per heavy atom. The van der Waals surface area contributed by atoms with Gasteiger partial charge >= 0.3 is 0 Å². The first-order valence-electron chi connectivity index (χ1n) is 6.65. The zero-order valence-corrected chi connectivity index (χ0v) is 12.2. The van der Waals surface area contributed by atoms with Crippen LogP contribution in [0.5, 0.6) is 0 Å². The molecule has 0 saturated carbocycles. The molecule has 1 aromatic rings. The second kappa shape index (κ2) is 7.26. The van der Waals surface area contributed by atoms with Gasteiger partial charge in [-0.2, -0.15) is 0 Å². The number of benzene rings is 1. The number of aryl methyl sites for hydroxylation is 1. The normalized spacial score (nSPS) is 14.2. The Morgan fingerprint density at radius 2 is 2.00 bits per heavy atom. The Hall–Kier alpha value is -1.39. The van der Waals surface area contributed by atoms with E-state index in [1.54, 1.807) is 0 Å². The number of carbonyl (C=O) groups excluding carboxylic acids is 1. The zero-order chi connectivity index (χ0) is 14.4. The van der Waals surface area contributed by atoms with E-state index in [0.717, 1.165) is 17.5 Å². The van der Waals surface area contributed by atoms with E-state index >= 15 is 0 Å². The Kier molecular flexibility index (Phi) is 5.99. The lowest BCUT2D eigenvalue weighted by molar-refractivity contribution is -0.126. The summed E-state index contributed by atoms with van der Waals surface area (Å²) in [5.41, 5.74) is 1.89. The molecule has 0 spiro atoms. The van der Waals surface area contributed by atoms with Crippen LogP contribution in [0.3, 0.4) is 0 Å². The van der Waals surface area contributed by atoms with Crippen molar-refractivity contribution in [2.45, 2.75) is 32.4 Å². The number of nitrogens with zero attached hydrogens (tertiary/aromatic N) is 1. The highest BCUT2D eigenvalue weighted by Gasteiger charge is 2.19. The molecule has 0 radical (unpaired) electrons. The molecular weight excluding hydrogens is 240 g/mol. The zero-order valence-electron chi connectivity index (χ0n) is 12.2. The van der Waals surface area contributed by atoms with Gasteiger partial charge in [-0.25, -0.2) is 0 Å². The molecule has 2 unspecified atom stereocenters. The average Bonchev–Trinajstić information content (AvgIpc) is 2.37. The summed E-state index contributed by atoms with van der Waals surface area (Å²) in [6.07, 6.45) is 0.0871. The van der Waals surface area contributed by atoms with E-state index < -0.39 is 6.10 Å². The van der Waals surface area contributed by atoms with Gasteiger partial charge in [-0.1, -0.05) is 31.2 Å². The number of likely N-dealkylation sites (N-methyl/N-ethyl adjacent to an activating group) is 1. The van der Waals surface area contributed by atoms with E-state index in [1.807, 2.05) is 57.1 Å². The number of amides is 1. The Bertz CT molecular complexity index is 418. The first-order valence-corrected chi connectivity index (χ1v) is 6.65. The van der Waals surface area contributed by atoms with Gasteiger partial charge in [0, 0.05) is 6.54 Å². The smallest absolute Gasteiger partial charge is 0.237 e. The van der Waals surface area contributed by atoms with Gasteiger partial charge in [-0.15, -0.1) is 0 Å². The summed E-state index contributed by atoms with van der Waals surface area (Å²) >= 11 is 0. The summed E-state index contributed by atoms with van der Waals surface area (Å²) in [5, 5.41) is 12.9. The predicted octanol–water partition coefficient (Wildman–Crippen LogP) is 1.48. The largest absolute Gasteiger partial charge is 0.387 e. The maximum Gasteiger partial charge on any atom is 0.237 e. The van der Waals surface area contributed by atoms with Crippen molar-refractivity contribution >= 4 is 5.91 Å². The standard InChI is InChI=1S/C15H24N2O2/c1-5-13(17(3)4)15(19)16-10-14(18)12-9-7-6-8-11(12)2/h6-9,13-14,18H,5,10H2,1-4H3,(H,16,19). The van der Waals surface area contributed by atoms with Crippen molar-refractivity contribution in [2.24, 2.45) is 0 Å². The van der Waals surface area contributed by atoms with E-state index in [9.17, 15) is 9.90 Å². The van der Waals surface area contributed by atoms with Gasteiger partial charge in [0.05, 0.1) is 12.1 Å². The molecule has 0 bridgehead atoms. The molecule has 106 valence electrons. The molecular formula is C15H24N2O2. The van der Waals surface area contributed by atoms with Crippen molar-refractivity contribution in [1.82, 2.24) is 10.2 Å². The number of aliphatic hydroxyl groups is 1. The Morgan fingerprint density at radius 1 is 1.37 bits per heavy atom. The van der Waals surface area contributed by atoms with Crippen molar-refractivity contribution in [3.8, 4) is 0 Å². The van der Waals surface area contributed by atoms with Gasteiger partial charge in [0.1, 0.15) is 0 Å². The maximum absolute atomic E-state index is 12.0. The van der Waals surface area contributed by atoms with Gasteiger partial charge in [-0.3, -0.25) is 9.69 Å². The molecule has 1 amide bonds. The van der Waals surface area contributed by atoms with Gasteiger partial charge < -0.3 is 10.4 Å². The molecule has 2 N–H and O–H groups in total. The van der Waals surface area contributed by atoms with Gasteiger partial charge in [0.15, 0.2) is 0 Å². The van der Waals surface area contributed by atoms with Crippen LogP contribution in [-0.4, -0.2) is 42.6 Å². The van der Waals surface area contributed by atoms with Crippen LogP contribution in [0.4, 0.5) is 0 Å². The van der Waals surface area contributed by atoms with Gasteiger partial charge in [0.2, 0.25) is 5.91 Å². The van der Waals surface area contributed by atoms with Gasteiger partial charge in [-0.05, 0) is 38.6 Å². The number of carbonyl (C=O) groups is 1. The minimum atomic E-state index is -0.662. The fourth-order valence-electron chi connectivity index (χ4n) is 2.17. The Balaban J connectivity index is 2.57. The molecule has 0 heterocycles.